The fourth-order valence-corrected chi connectivity index (χ4v) is 2.05. The Bertz CT molecular complexity index is 679. The zero-order chi connectivity index (χ0) is 16.7. The number of carbonyl (C=O) groups excluding carboxylic acids is 2. The van der Waals surface area contributed by atoms with E-state index >= 15 is 0 Å². The lowest BCUT2D eigenvalue weighted by Gasteiger charge is -2.07. The maximum Gasteiger partial charge on any atom is 0.254 e. The summed E-state index contributed by atoms with van der Waals surface area (Å²) < 4.78 is 5.14. The van der Waals surface area contributed by atoms with Gasteiger partial charge in [0.2, 0.25) is 0 Å². The Kier molecular flexibility index (Phi) is 5.94. The van der Waals surface area contributed by atoms with Crippen LogP contribution in [0.15, 0.2) is 41.0 Å². The molecule has 0 saturated heterocycles. The lowest BCUT2D eigenvalue weighted by Crippen LogP contribution is -2.25. The minimum absolute atomic E-state index is 0.109. The van der Waals surface area contributed by atoms with E-state index in [4.69, 9.17) is 10.2 Å². The van der Waals surface area contributed by atoms with E-state index in [0.29, 0.717) is 30.0 Å². The molecule has 0 atom stereocenters. The van der Waals surface area contributed by atoms with Gasteiger partial charge in [0.25, 0.3) is 11.8 Å². The molecule has 0 unspecified atom stereocenters. The van der Waals surface area contributed by atoms with Crippen molar-refractivity contribution in [1.29, 1.82) is 0 Å². The molecule has 2 rings (SSSR count). The molecule has 6 heteroatoms. The summed E-state index contributed by atoms with van der Waals surface area (Å²) in [5.41, 5.74) is 7.31. The van der Waals surface area contributed by atoms with Crippen LogP contribution in [-0.4, -0.2) is 18.4 Å². The highest BCUT2D eigenvalue weighted by Gasteiger charge is 2.10. The van der Waals surface area contributed by atoms with Crippen LogP contribution in [-0.2, 0) is 13.1 Å². The van der Waals surface area contributed by atoms with Crippen molar-refractivity contribution in [3.63, 3.8) is 0 Å². The second-order valence-electron chi connectivity index (χ2n) is 5.14. The number of rotatable bonds is 7. The zero-order valence-electron chi connectivity index (χ0n) is 13.1. The third-order valence-corrected chi connectivity index (χ3v) is 3.29. The molecule has 0 radical (unpaired) electrons. The molecule has 0 saturated carbocycles. The summed E-state index contributed by atoms with van der Waals surface area (Å²) in [7, 11) is 0. The fourth-order valence-electron chi connectivity index (χ4n) is 2.05. The Morgan fingerprint density at radius 3 is 2.61 bits per heavy atom. The monoisotopic (exact) mass is 315 g/mol. The average Bonchev–Trinajstić information content (AvgIpc) is 3.07. The summed E-state index contributed by atoms with van der Waals surface area (Å²) in [6, 6.07) is 8.79. The highest BCUT2D eigenvalue weighted by molar-refractivity contribution is 5.95. The quantitative estimate of drug-likeness (QED) is 0.726. The van der Waals surface area contributed by atoms with E-state index in [1.165, 1.54) is 6.26 Å². The van der Waals surface area contributed by atoms with Gasteiger partial charge in [0.15, 0.2) is 0 Å². The van der Waals surface area contributed by atoms with Gasteiger partial charge in [-0.3, -0.25) is 9.59 Å². The number of carbonyl (C=O) groups is 2. The van der Waals surface area contributed by atoms with Crippen LogP contribution in [0.4, 0.5) is 0 Å². The van der Waals surface area contributed by atoms with Crippen LogP contribution in [0.5, 0.6) is 0 Å². The number of amides is 2. The standard InChI is InChI=1S/C17H21N3O3/c1-2-6-19-16(21)13-5-3-4-12(7-13)10-20-17(22)14-8-15(9-18)23-11-14/h3-5,7-8,11H,2,6,9-10,18H2,1H3,(H,19,21)(H,20,22). The third kappa shape index (κ3) is 4.69. The molecule has 0 aliphatic carbocycles. The van der Waals surface area contributed by atoms with E-state index in [1.54, 1.807) is 24.3 Å². The normalized spacial score (nSPS) is 10.3. The first-order chi connectivity index (χ1) is 11.1. The van der Waals surface area contributed by atoms with E-state index in [1.807, 2.05) is 13.0 Å². The van der Waals surface area contributed by atoms with Gasteiger partial charge in [-0.25, -0.2) is 0 Å². The van der Waals surface area contributed by atoms with Crippen LogP contribution in [0.25, 0.3) is 0 Å². The number of furan rings is 1. The summed E-state index contributed by atoms with van der Waals surface area (Å²) in [6.45, 7) is 3.22. The molecule has 0 aliphatic heterocycles. The molecule has 122 valence electrons. The number of hydrogen-bond donors (Lipinski definition) is 3. The van der Waals surface area contributed by atoms with Gasteiger partial charge < -0.3 is 20.8 Å². The second kappa shape index (κ2) is 8.14. The predicted molar refractivity (Wildman–Crippen MR) is 86.8 cm³/mol. The van der Waals surface area contributed by atoms with Gasteiger partial charge in [0.1, 0.15) is 12.0 Å². The molecular formula is C17H21N3O3. The molecule has 0 spiro atoms. The minimum atomic E-state index is -0.241. The average molecular weight is 315 g/mol. The molecule has 0 fully saturated rings. The molecule has 0 aliphatic rings. The first kappa shape index (κ1) is 16.8. The topological polar surface area (TPSA) is 97.4 Å². The molecule has 23 heavy (non-hydrogen) atoms. The van der Waals surface area contributed by atoms with Crippen molar-refractivity contribution >= 4 is 11.8 Å². The smallest absolute Gasteiger partial charge is 0.254 e. The summed E-state index contributed by atoms with van der Waals surface area (Å²) in [5.74, 6) is 0.210. The van der Waals surface area contributed by atoms with Crippen LogP contribution in [0, 0.1) is 0 Å². The van der Waals surface area contributed by atoms with Gasteiger partial charge in [0.05, 0.1) is 12.1 Å². The molecular weight excluding hydrogens is 294 g/mol. The lowest BCUT2D eigenvalue weighted by molar-refractivity contribution is 0.0946. The van der Waals surface area contributed by atoms with E-state index in [2.05, 4.69) is 10.6 Å². The van der Waals surface area contributed by atoms with Crippen LogP contribution in [0.2, 0.25) is 0 Å². The van der Waals surface area contributed by atoms with Crippen LogP contribution < -0.4 is 16.4 Å². The zero-order valence-corrected chi connectivity index (χ0v) is 13.1. The van der Waals surface area contributed by atoms with Crippen LogP contribution >= 0.6 is 0 Å². The number of nitrogens with two attached hydrogens (primary N) is 1. The molecule has 1 aromatic heterocycles. The number of benzene rings is 1. The summed E-state index contributed by atoms with van der Waals surface area (Å²) in [4.78, 5) is 23.9. The van der Waals surface area contributed by atoms with Crippen LogP contribution in [0.3, 0.4) is 0 Å². The number of hydrogen-bond acceptors (Lipinski definition) is 4. The van der Waals surface area contributed by atoms with Crippen molar-refractivity contribution in [2.24, 2.45) is 5.73 Å². The van der Waals surface area contributed by atoms with Gasteiger partial charge in [-0.2, -0.15) is 0 Å². The van der Waals surface area contributed by atoms with Gasteiger partial charge in [-0.1, -0.05) is 19.1 Å². The maximum absolute atomic E-state index is 12.0. The van der Waals surface area contributed by atoms with Gasteiger partial charge in [-0.15, -0.1) is 0 Å². The Labute approximate surface area is 135 Å². The SMILES string of the molecule is CCCNC(=O)c1cccc(CNC(=O)c2coc(CN)c2)c1. The summed E-state index contributed by atoms with van der Waals surface area (Å²) in [6.07, 6.45) is 2.27. The Morgan fingerprint density at radius 2 is 1.91 bits per heavy atom. The van der Waals surface area contributed by atoms with E-state index < -0.39 is 0 Å². The van der Waals surface area contributed by atoms with Gasteiger partial charge in [0, 0.05) is 18.7 Å². The molecule has 1 aromatic carbocycles. The molecule has 1 heterocycles. The fraction of sp³-hybridized carbons (Fsp3) is 0.294. The van der Waals surface area contributed by atoms with Crippen molar-refractivity contribution in [3.8, 4) is 0 Å². The van der Waals surface area contributed by atoms with Gasteiger partial charge in [-0.05, 0) is 30.2 Å². The predicted octanol–water partition coefficient (Wildman–Crippen LogP) is 1.81. The van der Waals surface area contributed by atoms with Crippen molar-refractivity contribution in [3.05, 3.63) is 59.0 Å². The van der Waals surface area contributed by atoms with E-state index in [0.717, 1.165) is 12.0 Å². The highest BCUT2D eigenvalue weighted by Crippen LogP contribution is 2.09. The Hall–Kier alpha value is -2.60. The minimum Gasteiger partial charge on any atom is -0.467 e. The van der Waals surface area contributed by atoms with Crippen molar-refractivity contribution < 1.29 is 14.0 Å². The first-order valence-electron chi connectivity index (χ1n) is 7.57. The summed E-state index contributed by atoms with van der Waals surface area (Å²) in [5, 5.41) is 5.62. The molecule has 6 nitrogen and oxygen atoms in total. The number of nitrogens with one attached hydrogen (secondary N) is 2. The van der Waals surface area contributed by atoms with Crippen molar-refractivity contribution in [2.75, 3.05) is 6.54 Å². The Morgan fingerprint density at radius 1 is 1.13 bits per heavy atom. The maximum atomic E-state index is 12.0. The second-order valence-corrected chi connectivity index (χ2v) is 5.14. The molecule has 2 amide bonds. The Balaban J connectivity index is 1.95. The van der Waals surface area contributed by atoms with E-state index in [9.17, 15) is 9.59 Å². The van der Waals surface area contributed by atoms with E-state index in [-0.39, 0.29) is 18.4 Å². The highest BCUT2D eigenvalue weighted by atomic mass is 16.3. The molecule has 4 N–H and O–H groups in total. The van der Waals surface area contributed by atoms with Crippen molar-refractivity contribution in [2.45, 2.75) is 26.4 Å². The molecule has 2 aromatic rings. The largest absolute Gasteiger partial charge is 0.467 e. The first-order valence-corrected chi connectivity index (χ1v) is 7.57. The molecule has 0 bridgehead atoms. The van der Waals surface area contributed by atoms with Gasteiger partial charge >= 0.3 is 0 Å². The van der Waals surface area contributed by atoms with Crippen molar-refractivity contribution in [1.82, 2.24) is 10.6 Å². The lowest BCUT2D eigenvalue weighted by atomic mass is 10.1. The third-order valence-electron chi connectivity index (χ3n) is 3.29. The summed E-state index contributed by atoms with van der Waals surface area (Å²) >= 11 is 0. The van der Waals surface area contributed by atoms with Crippen LogP contribution in [0.1, 0.15) is 45.4 Å².